The van der Waals surface area contributed by atoms with Crippen LogP contribution in [0.5, 0.6) is 5.75 Å². The van der Waals surface area contributed by atoms with Crippen LogP contribution in [-0.4, -0.2) is 23.8 Å². The van der Waals surface area contributed by atoms with Crippen LogP contribution in [0, 0.1) is 0 Å². The van der Waals surface area contributed by atoms with Crippen molar-refractivity contribution in [2.45, 2.75) is 0 Å². The lowest BCUT2D eigenvalue weighted by Gasteiger charge is -2.26. The number of para-hydroxylation sites is 1. The molecule has 0 saturated carbocycles. The largest absolute Gasteiger partial charge is 0.422 e. The SMILES string of the molecule is O=C1NC(=O)N(c2ccc(Br)cc2)C(=O)/C1=C\c1ccccc1OC(=O)c1ccc(Cl)cc1. The van der Waals surface area contributed by atoms with Gasteiger partial charge in [0.15, 0.2) is 0 Å². The summed E-state index contributed by atoms with van der Waals surface area (Å²) >= 11 is 9.15. The quantitative estimate of drug-likeness (QED) is 0.224. The van der Waals surface area contributed by atoms with Crippen molar-refractivity contribution in [2.75, 3.05) is 4.90 Å². The smallest absolute Gasteiger partial charge is 0.343 e. The second kappa shape index (κ2) is 9.40. The van der Waals surface area contributed by atoms with Gasteiger partial charge in [0.1, 0.15) is 11.3 Å². The van der Waals surface area contributed by atoms with Gasteiger partial charge in [0.25, 0.3) is 11.8 Å². The van der Waals surface area contributed by atoms with Gasteiger partial charge in [-0.3, -0.25) is 14.9 Å². The molecule has 164 valence electrons. The van der Waals surface area contributed by atoms with Crippen LogP contribution in [0.25, 0.3) is 6.08 Å². The van der Waals surface area contributed by atoms with Crippen LogP contribution in [0.1, 0.15) is 15.9 Å². The number of hydrogen-bond donors (Lipinski definition) is 1. The number of halogens is 2. The molecular formula is C24H14BrClN2O5. The first-order valence-corrected chi connectivity index (χ1v) is 10.7. The van der Waals surface area contributed by atoms with Crippen LogP contribution in [-0.2, 0) is 9.59 Å². The lowest BCUT2D eigenvalue weighted by Crippen LogP contribution is -2.54. The second-order valence-corrected chi connectivity index (χ2v) is 8.22. The zero-order valence-electron chi connectivity index (χ0n) is 16.7. The number of carbonyl (C=O) groups is 4. The molecule has 0 aromatic heterocycles. The Labute approximate surface area is 201 Å². The van der Waals surface area contributed by atoms with E-state index in [1.54, 1.807) is 54.6 Å². The maximum atomic E-state index is 13.1. The first kappa shape index (κ1) is 22.4. The highest BCUT2D eigenvalue weighted by molar-refractivity contribution is 9.10. The van der Waals surface area contributed by atoms with E-state index in [0.29, 0.717) is 16.3 Å². The average molecular weight is 526 g/mol. The summed E-state index contributed by atoms with van der Waals surface area (Å²) in [6, 6.07) is 18.2. The van der Waals surface area contributed by atoms with Crippen molar-refractivity contribution >= 4 is 63.1 Å². The van der Waals surface area contributed by atoms with Crippen LogP contribution in [0.2, 0.25) is 5.02 Å². The highest BCUT2D eigenvalue weighted by Crippen LogP contribution is 2.27. The lowest BCUT2D eigenvalue weighted by molar-refractivity contribution is -0.122. The van der Waals surface area contributed by atoms with Crippen molar-refractivity contribution in [3.05, 3.63) is 99.0 Å². The number of imide groups is 2. The first-order valence-electron chi connectivity index (χ1n) is 9.57. The molecule has 1 N–H and O–H groups in total. The summed E-state index contributed by atoms with van der Waals surface area (Å²) in [5.74, 6) is -2.15. The molecule has 4 amide bonds. The van der Waals surface area contributed by atoms with E-state index in [1.165, 1.54) is 24.3 Å². The van der Waals surface area contributed by atoms with E-state index in [4.69, 9.17) is 16.3 Å². The predicted octanol–water partition coefficient (Wildman–Crippen LogP) is 4.99. The number of nitrogens with one attached hydrogen (secondary N) is 1. The zero-order valence-corrected chi connectivity index (χ0v) is 19.1. The number of rotatable bonds is 4. The molecule has 0 spiro atoms. The van der Waals surface area contributed by atoms with Crippen LogP contribution < -0.4 is 15.0 Å². The molecule has 3 aromatic rings. The summed E-state index contributed by atoms with van der Waals surface area (Å²) in [4.78, 5) is 51.3. The van der Waals surface area contributed by atoms with Crippen molar-refractivity contribution in [3.8, 4) is 5.75 Å². The summed E-state index contributed by atoms with van der Waals surface area (Å²) < 4.78 is 6.24. The third-order valence-corrected chi connectivity index (χ3v) is 5.47. The van der Waals surface area contributed by atoms with E-state index in [2.05, 4.69) is 21.2 Å². The van der Waals surface area contributed by atoms with Crippen molar-refractivity contribution < 1.29 is 23.9 Å². The van der Waals surface area contributed by atoms with Gasteiger partial charge in [0.05, 0.1) is 11.3 Å². The fourth-order valence-electron chi connectivity index (χ4n) is 3.08. The standard InChI is InChI=1S/C24H14BrClN2O5/c25-16-7-11-18(12-8-16)28-22(30)19(21(29)27-24(28)32)13-15-3-1-2-4-20(15)33-23(31)14-5-9-17(26)10-6-14/h1-13H,(H,27,29,32)/b19-13-. The summed E-state index contributed by atoms with van der Waals surface area (Å²) in [6.07, 6.45) is 1.28. The highest BCUT2D eigenvalue weighted by atomic mass is 79.9. The molecule has 0 bridgehead atoms. The van der Waals surface area contributed by atoms with Crippen LogP contribution in [0.3, 0.4) is 0 Å². The van der Waals surface area contributed by atoms with E-state index >= 15 is 0 Å². The van der Waals surface area contributed by atoms with E-state index in [1.807, 2.05) is 0 Å². The molecule has 1 heterocycles. The van der Waals surface area contributed by atoms with Gasteiger partial charge in [-0.05, 0) is 60.7 Å². The Bertz CT molecular complexity index is 1300. The number of amides is 4. The fourth-order valence-corrected chi connectivity index (χ4v) is 3.47. The Balaban J connectivity index is 1.66. The minimum absolute atomic E-state index is 0.137. The van der Waals surface area contributed by atoms with E-state index in [0.717, 1.165) is 9.37 Å². The van der Waals surface area contributed by atoms with Gasteiger partial charge in [-0.2, -0.15) is 0 Å². The normalized spacial score (nSPS) is 14.9. The number of esters is 1. The number of hydrogen-bond acceptors (Lipinski definition) is 5. The van der Waals surface area contributed by atoms with Gasteiger partial charge < -0.3 is 4.74 Å². The third kappa shape index (κ3) is 4.87. The molecular weight excluding hydrogens is 512 g/mol. The maximum Gasteiger partial charge on any atom is 0.343 e. The Kier molecular flexibility index (Phi) is 6.39. The second-order valence-electron chi connectivity index (χ2n) is 6.87. The molecule has 7 nitrogen and oxygen atoms in total. The summed E-state index contributed by atoms with van der Waals surface area (Å²) in [6.45, 7) is 0. The van der Waals surface area contributed by atoms with Crippen molar-refractivity contribution in [1.29, 1.82) is 0 Å². The van der Waals surface area contributed by atoms with Crippen molar-refractivity contribution in [3.63, 3.8) is 0 Å². The summed E-state index contributed by atoms with van der Waals surface area (Å²) in [7, 11) is 0. The molecule has 3 aromatic carbocycles. The third-order valence-electron chi connectivity index (χ3n) is 4.69. The highest BCUT2D eigenvalue weighted by Gasteiger charge is 2.37. The molecule has 1 fully saturated rings. The van der Waals surface area contributed by atoms with E-state index in [-0.39, 0.29) is 16.9 Å². The van der Waals surface area contributed by atoms with E-state index in [9.17, 15) is 19.2 Å². The van der Waals surface area contributed by atoms with Gasteiger partial charge in [0.2, 0.25) is 0 Å². The minimum atomic E-state index is -0.855. The summed E-state index contributed by atoms with van der Waals surface area (Å²) in [5.41, 5.74) is 0.595. The fraction of sp³-hybridized carbons (Fsp3) is 0. The molecule has 1 aliphatic rings. The Morgan fingerprint density at radius 3 is 2.30 bits per heavy atom. The minimum Gasteiger partial charge on any atom is -0.422 e. The molecule has 33 heavy (non-hydrogen) atoms. The summed E-state index contributed by atoms with van der Waals surface area (Å²) in [5, 5.41) is 2.64. The van der Waals surface area contributed by atoms with Crippen molar-refractivity contribution in [1.82, 2.24) is 5.32 Å². The first-order chi connectivity index (χ1) is 15.8. The number of barbiturate groups is 1. The average Bonchev–Trinajstić information content (AvgIpc) is 2.79. The molecule has 0 aliphatic carbocycles. The van der Waals surface area contributed by atoms with Crippen LogP contribution >= 0.6 is 27.5 Å². The number of benzene rings is 3. The Morgan fingerprint density at radius 1 is 0.939 bits per heavy atom. The Hall–Kier alpha value is -3.75. The molecule has 0 radical (unpaired) electrons. The molecule has 0 unspecified atom stereocenters. The number of urea groups is 1. The van der Waals surface area contributed by atoms with Gasteiger partial charge in [0, 0.05) is 15.1 Å². The van der Waals surface area contributed by atoms with Crippen LogP contribution in [0.4, 0.5) is 10.5 Å². The molecule has 0 atom stereocenters. The van der Waals surface area contributed by atoms with Gasteiger partial charge in [-0.25, -0.2) is 14.5 Å². The molecule has 1 saturated heterocycles. The zero-order chi connectivity index (χ0) is 23.5. The monoisotopic (exact) mass is 524 g/mol. The maximum absolute atomic E-state index is 13.1. The lowest BCUT2D eigenvalue weighted by atomic mass is 10.1. The van der Waals surface area contributed by atoms with Gasteiger partial charge in [-0.15, -0.1) is 0 Å². The Morgan fingerprint density at radius 2 is 1.61 bits per heavy atom. The number of carbonyl (C=O) groups excluding carboxylic acids is 4. The topological polar surface area (TPSA) is 92.8 Å². The van der Waals surface area contributed by atoms with Gasteiger partial charge in [-0.1, -0.05) is 45.7 Å². The molecule has 1 aliphatic heterocycles. The van der Waals surface area contributed by atoms with Crippen molar-refractivity contribution in [2.24, 2.45) is 0 Å². The van der Waals surface area contributed by atoms with E-state index < -0.39 is 23.8 Å². The number of ether oxygens (including phenoxy) is 1. The number of anilines is 1. The molecule has 9 heteroatoms. The van der Waals surface area contributed by atoms with Gasteiger partial charge >= 0.3 is 12.0 Å². The predicted molar refractivity (Wildman–Crippen MR) is 126 cm³/mol. The van der Waals surface area contributed by atoms with Crippen LogP contribution in [0.15, 0.2) is 82.8 Å². The molecule has 4 rings (SSSR count). The number of nitrogens with zero attached hydrogens (tertiary/aromatic N) is 1.